The molecule has 2 heterocycles. The number of rotatable bonds is 6. The number of ether oxygens (including phenoxy) is 1. The first-order chi connectivity index (χ1) is 14.1. The SMILES string of the molecule is COc1cc(/C(C=N)=C/N)ccc1-c1nnc(N(C)C2CC(C)(C)NC(C)(C)C2)s1. The van der Waals surface area contributed by atoms with E-state index in [2.05, 4.69) is 55.2 Å². The molecule has 0 unspecified atom stereocenters. The van der Waals surface area contributed by atoms with E-state index in [1.54, 1.807) is 18.4 Å². The maximum atomic E-state index is 7.50. The average Bonchev–Trinajstić information content (AvgIpc) is 3.15. The van der Waals surface area contributed by atoms with Crippen LogP contribution < -0.4 is 20.7 Å². The lowest BCUT2D eigenvalue weighted by molar-refractivity contribution is 0.161. The second-order valence-electron chi connectivity index (χ2n) is 9.14. The highest BCUT2D eigenvalue weighted by Crippen LogP contribution is 2.38. The van der Waals surface area contributed by atoms with Gasteiger partial charge < -0.3 is 26.1 Å². The van der Waals surface area contributed by atoms with Crippen molar-refractivity contribution in [3.05, 3.63) is 30.0 Å². The van der Waals surface area contributed by atoms with Crippen LogP contribution in [0.2, 0.25) is 0 Å². The molecule has 0 amide bonds. The van der Waals surface area contributed by atoms with Crippen molar-refractivity contribution in [3.63, 3.8) is 0 Å². The molecule has 1 saturated heterocycles. The van der Waals surface area contributed by atoms with Gasteiger partial charge in [-0.25, -0.2) is 0 Å². The van der Waals surface area contributed by atoms with Gasteiger partial charge in [-0.3, -0.25) is 0 Å². The molecule has 162 valence electrons. The number of nitrogens with zero attached hydrogens (tertiary/aromatic N) is 3. The number of aromatic nitrogens is 2. The van der Waals surface area contributed by atoms with E-state index in [0.717, 1.165) is 34.1 Å². The van der Waals surface area contributed by atoms with E-state index < -0.39 is 0 Å². The van der Waals surface area contributed by atoms with Crippen molar-refractivity contribution in [1.82, 2.24) is 15.5 Å². The molecule has 0 atom stereocenters. The van der Waals surface area contributed by atoms with Crippen LogP contribution in [-0.4, -0.2) is 47.7 Å². The average molecular weight is 429 g/mol. The minimum Gasteiger partial charge on any atom is -0.496 e. The highest BCUT2D eigenvalue weighted by molar-refractivity contribution is 7.18. The van der Waals surface area contributed by atoms with Crippen LogP contribution in [0.15, 0.2) is 24.4 Å². The molecular formula is C22H32N6OS. The van der Waals surface area contributed by atoms with Gasteiger partial charge in [0.1, 0.15) is 5.75 Å². The van der Waals surface area contributed by atoms with Gasteiger partial charge in [-0.05, 0) is 58.2 Å². The standard InChI is InChI=1S/C22H32N6OS/c1-21(2)10-16(11-22(3,4)27-21)28(5)20-26-25-19(30-20)17-8-7-14(9-18(17)29-6)15(12-23)13-24/h7-9,12-13,16,23,27H,10-11,24H2,1-6H3/b15-13+,23-12?. The van der Waals surface area contributed by atoms with E-state index in [1.807, 2.05) is 18.2 Å². The van der Waals surface area contributed by atoms with Gasteiger partial charge >= 0.3 is 0 Å². The molecule has 2 aromatic rings. The predicted molar refractivity (Wildman–Crippen MR) is 126 cm³/mol. The summed E-state index contributed by atoms with van der Waals surface area (Å²) in [7, 11) is 3.74. The molecule has 0 aliphatic carbocycles. The van der Waals surface area contributed by atoms with Crippen molar-refractivity contribution in [3.8, 4) is 16.3 Å². The molecule has 7 nitrogen and oxygen atoms in total. The molecular weight excluding hydrogens is 396 g/mol. The zero-order valence-electron chi connectivity index (χ0n) is 18.6. The van der Waals surface area contributed by atoms with Gasteiger partial charge in [-0.2, -0.15) is 0 Å². The first-order valence-corrected chi connectivity index (χ1v) is 10.9. The van der Waals surface area contributed by atoms with Crippen LogP contribution in [0.5, 0.6) is 5.75 Å². The van der Waals surface area contributed by atoms with Gasteiger partial charge in [0.2, 0.25) is 5.13 Å². The molecule has 1 aliphatic heterocycles. The van der Waals surface area contributed by atoms with Gasteiger partial charge in [0.05, 0.1) is 12.7 Å². The zero-order chi connectivity index (χ0) is 22.1. The lowest BCUT2D eigenvalue weighted by Gasteiger charge is -2.48. The van der Waals surface area contributed by atoms with Crippen molar-refractivity contribution in [2.45, 2.75) is 57.7 Å². The number of piperidine rings is 1. The van der Waals surface area contributed by atoms with E-state index in [4.69, 9.17) is 15.9 Å². The van der Waals surface area contributed by atoms with E-state index in [0.29, 0.717) is 17.4 Å². The fourth-order valence-corrected chi connectivity index (χ4v) is 5.35. The molecule has 0 spiro atoms. The lowest BCUT2D eigenvalue weighted by atomic mass is 9.79. The van der Waals surface area contributed by atoms with Crippen molar-refractivity contribution < 1.29 is 4.74 Å². The predicted octanol–water partition coefficient (Wildman–Crippen LogP) is 3.91. The summed E-state index contributed by atoms with van der Waals surface area (Å²) < 4.78 is 5.59. The van der Waals surface area contributed by atoms with Crippen LogP contribution in [0.1, 0.15) is 46.1 Å². The summed E-state index contributed by atoms with van der Waals surface area (Å²) >= 11 is 1.56. The monoisotopic (exact) mass is 428 g/mol. The van der Waals surface area contributed by atoms with Crippen LogP contribution in [0.25, 0.3) is 16.1 Å². The molecule has 1 aromatic carbocycles. The van der Waals surface area contributed by atoms with E-state index >= 15 is 0 Å². The second kappa shape index (κ2) is 8.35. The van der Waals surface area contributed by atoms with Gasteiger partial charge in [-0.15, -0.1) is 10.2 Å². The number of nitrogens with one attached hydrogen (secondary N) is 2. The Labute approximate surface area is 182 Å². The summed E-state index contributed by atoms with van der Waals surface area (Å²) in [6.07, 6.45) is 4.73. The van der Waals surface area contributed by atoms with E-state index in [9.17, 15) is 0 Å². The number of anilines is 1. The maximum absolute atomic E-state index is 7.50. The largest absolute Gasteiger partial charge is 0.496 e. The Hall–Kier alpha value is -2.45. The summed E-state index contributed by atoms with van der Waals surface area (Å²) in [5.41, 5.74) is 8.09. The number of hydrogen-bond donors (Lipinski definition) is 3. The van der Waals surface area contributed by atoms with Crippen molar-refractivity contribution in [2.75, 3.05) is 19.1 Å². The van der Waals surface area contributed by atoms with Crippen LogP contribution in [0.3, 0.4) is 0 Å². The quantitative estimate of drug-likeness (QED) is 0.603. The van der Waals surface area contributed by atoms with E-state index in [-0.39, 0.29) is 11.1 Å². The fourth-order valence-electron chi connectivity index (χ4n) is 4.44. The van der Waals surface area contributed by atoms with Crippen molar-refractivity contribution >= 4 is 28.3 Å². The lowest BCUT2D eigenvalue weighted by Crippen LogP contribution is -2.61. The smallest absolute Gasteiger partial charge is 0.208 e. The Balaban J connectivity index is 1.88. The third kappa shape index (κ3) is 4.65. The van der Waals surface area contributed by atoms with Gasteiger partial charge in [0.15, 0.2) is 5.01 Å². The number of nitrogens with two attached hydrogens (primary N) is 1. The Morgan fingerprint density at radius 1 is 1.27 bits per heavy atom. The molecule has 1 aromatic heterocycles. The van der Waals surface area contributed by atoms with Crippen LogP contribution in [0, 0.1) is 5.41 Å². The molecule has 0 radical (unpaired) electrons. The Bertz CT molecular complexity index is 933. The van der Waals surface area contributed by atoms with Gasteiger partial charge in [-0.1, -0.05) is 17.4 Å². The summed E-state index contributed by atoms with van der Waals surface area (Å²) in [5.74, 6) is 0.684. The Morgan fingerprint density at radius 3 is 2.50 bits per heavy atom. The van der Waals surface area contributed by atoms with Crippen molar-refractivity contribution in [1.29, 1.82) is 5.41 Å². The maximum Gasteiger partial charge on any atom is 0.208 e. The normalized spacial score (nSPS) is 18.8. The highest BCUT2D eigenvalue weighted by atomic mass is 32.1. The molecule has 4 N–H and O–H groups in total. The highest BCUT2D eigenvalue weighted by Gasteiger charge is 2.39. The molecule has 0 saturated carbocycles. The third-order valence-electron chi connectivity index (χ3n) is 5.53. The first-order valence-electron chi connectivity index (χ1n) is 10.1. The Kier molecular flexibility index (Phi) is 6.19. The van der Waals surface area contributed by atoms with Crippen molar-refractivity contribution in [2.24, 2.45) is 5.73 Å². The van der Waals surface area contributed by atoms with Crippen LogP contribution in [-0.2, 0) is 0 Å². The molecule has 1 aliphatic rings. The van der Waals surface area contributed by atoms with Gasteiger partial charge in [0.25, 0.3) is 0 Å². The van der Waals surface area contributed by atoms with E-state index in [1.165, 1.54) is 12.4 Å². The molecule has 1 fully saturated rings. The molecule has 3 rings (SSSR count). The minimum atomic E-state index is 0.0658. The number of allylic oxidation sites excluding steroid dienone is 1. The second-order valence-corrected chi connectivity index (χ2v) is 10.1. The summed E-state index contributed by atoms with van der Waals surface area (Å²) in [6, 6.07) is 6.12. The first kappa shape index (κ1) is 22.2. The molecule has 8 heteroatoms. The topological polar surface area (TPSA) is 100 Å². The fraction of sp³-hybridized carbons (Fsp3) is 0.500. The zero-order valence-corrected chi connectivity index (χ0v) is 19.4. The summed E-state index contributed by atoms with van der Waals surface area (Å²) in [4.78, 5) is 2.26. The summed E-state index contributed by atoms with van der Waals surface area (Å²) in [5, 5.41) is 21.9. The summed E-state index contributed by atoms with van der Waals surface area (Å²) in [6.45, 7) is 9.02. The molecule has 0 bridgehead atoms. The minimum absolute atomic E-state index is 0.0658. The molecule has 30 heavy (non-hydrogen) atoms. The van der Waals surface area contributed by atoms with Crippen LogP contribution in [0.4, 0.5) is 5.13 Å². The number of methoxy groups -OCH3 is 1. The number of benzene rings is 1. The Morgan fingerprint density at radius 2 is 1.93 bits per heavy atom. The van der Waals surface area contributed by atoms with Crippen LogP contribution >= 0.6 is 11.3 Å². The number of hydrogen-bond acceptors (Lipinski definition) is 8. The van der Waals surface area contributed by atoms with Gasteiger partial charge in [0, 0.05) is 42.2 Å². The third-order valence-corrected chi connectivity index (χ3v) is 6.58.